The van der Waals surface area contributed by atoms with Crippen LogP contribution in [-0.2, 0) is 19.6 Å². The number of benzene rings is 1. The normalized spacial score (nSPS) is 11.7. The summed E-state index contributed by atoms with van der Waals surface area (Å²) in [5.41, 5.74) is 1.39. The molecule has 0 unspecified atom stereocenters. The minimum Gasteiger partial charge on any atom is -0.862 e. The summed E-state index contributed by atoms with van der Waals surface area (Å²) in [4.78, 5) is 3.67. The molecule has 0 aliphatic heterocycles. The predicted molar refractivity (Wildman–Crippen MR) is 72.1 cm³/mol. The molecule has 0 saturated carbocycles. The van der Waals surface area contributed by atoms with Crippen LogP contribution in [-0.4, -0.2) is 23.4 Å². The molecule has 1 aromatic heterocycles. The van der Waals surface area contributed by atoms with Gasteiger partial charge in [-0.05, 0) is 23.6 Å². The van der Waals surface area contributed by atoms with Gasteiger partial charge in [0.2, 0.25) is 5.27 Å². The smallest absolute Gasteiger partial charge is 0.326 e. The van der Waals surface area contributed by atoms with Gasteiger partial charge in [-0.3, -0.25) is 4.52 Å². The van der Waals surface area contributed by atoms with Gasteiger partial charge < -0.3 is 14.9 Å². The molecule has 112 valence electrons. The number of aryl methyl sites for hydroxylation is 2. The van der Waals surface area contributed by atoms with Crippen molar-refractivity contribution in [1.82, 2.24) is 5.27 Å². The largest absolute Gasteiger partial charge is 0.862 e. The molecule has 0 bridgehead atoms. The molecule has 1 aromatic carbocycles. The second kappa shape index (κ2) is 6.85. The Morgan fingerprint density at radius 3 is 2.90 bits per heavy atom. The Morgan fingerprint density at radius 2 is 2.24 bits per heavy atom. The summed E-state index contributed by atoms with van der Waals surface area (Å²) in [7, 11) is 1.62. The summed E-state index contributed by atoms with van der Waals surface area (Å²) in [5, 5.41) is 24.2. The molecule has 7 nitrogen and oxygen atoms in total. The van der Waals surface area contributed by atoms with Crippen LogP contribution in [0.2, 0.25) is 0 Å². The molecule has 2 rings (SSSR count). The third-order valence-corrected chi connectivity index (χ3v) is 2.98. The van der Waals surface area contributed by atoms with Gasteiger partial charge in [0, 0.05) is 12.0 Å². The van der Waals surface area contributed by atoms with Crippen molar-refractivity contribution in [3.63, 3.8) is 0 Å². The molecule has 0 amide bonds. The van der Waals surface area contributed by atoms with Crippen LogP contribution in [0.3, 0.4) is 0 Å². The lowest BCUT2D eigenvalue weighted by Crippen LogP contribution is -2.40. The van der Waals surface area contributed by atoms with E-state index in [4.69, 9.17) is 9.26 Å². The maximum absolute atomic E-state index is 11.0. The zero-order valence-electron chi connectivity index (χ0n) is 11.9. The minimum absolute atomic E-state index is 0.0463. The highest BCUT2D eigenvalue weighted by Gasteiger charge is 2.23. The van der Waals surface area contributed by atoms with Crippen molar-refractivity contribution in [1.29, 1.82) is 0 Å². The SMILES string of the molecule is COc1ccccc1CC[n+]1noc(/N=C(/C)[O-])c1CO. The number of para-hydroxylation sites is 1. The summed E-state index contributed by atoms with van der Waals surface area (Å²) in [6.07, 6.45) is 0.647. The van der Waals surface area contributed by atoms with Gasteiger partial charge in [0.15, 0.2) is 6.54 Å². The van der Waals surface area contributed by atoms with Crippen LogP contribution >= 0.6 is 0 Å². The number of aromatic nitrogens is 2. The molecule has 0 aliphatic rings. The molecule has 0 radical (unpaired) electrons. The van der Waals surface area contributed by atoms with Gasteiger partial charge in [0.05, 0.1) is 7.11 Å². The Bertz CT molecular complexity index is 633. The second-order valence-electron chi connectivity index (χ2n) is 4.40. The van der Waals surface area contributed by atoms with Crippen LogP contribution in [0.5, 0.6) is 5.75 Å². The Morgan fingerprint density at radius 1 is 1.48 bits per heavy atom. The molecule has 2 aromatic rings. The lowest BCUT2D eigenvalue weighted by Gasteiger charge is -2.05. The fourth-order valence-electron chi connectivity index (χ4n) is 1.99. The molecule has 21 heavy (non-hydrogen) atoms. The Balaban J connectivity index is 2.17. The zero-order valence-corrected chi connectivity index (χ0v) is 11.9. The fraction of sp³-hybridized carbons (Fsp3) is 0.357. The first-order valence-electron chi connectivity index (χ1n) is 6.49. The van der Waals surface area contributed by atoms with Crippen LogP contribution in [0, 0.1) is 0 Å². The van der Waals surface area contributed by atoms with Gasteiger partial charge in [-0.2, -0.15) is 0 Å². The van der Waals surface area contributed by atoms with E-state index in [0.717, 1.165) is 11.3 Å². The standard InChI is InChI=1S/C14H17N3O4/c1-10(19)15-14-12(9-18)17(16-21-14)8-7-11-5-3-4-6-13(11)20-2/h3-6,18H,7-9H2,1-2H3. The number of aliphatic hydroxyl groups excluding tert-OH is 1. The molecule has 7 heteroatoms. The summed E-state index contributed by atoms with van der Waals surface area (Å²) < 4.78 is 11.8. The van der Waals surface area contributed by atoms with Crippen molar-refractivity contribution in [3.05, 3.63) is 35.5 Å². The number of methoxy groups -OCH3 is 1. The third-order valence-electron chi connectivity index (χ3n) is 2.98. The molecule has 0 fully saturated rings. The topological polar surface area (TPSA) is 94.8 Å². The average Bonchev–Trinajstić information content (AvgIpc) is 2.86. The van der Waals surface area contributed by atoms with Crippen molar-refractivity contribution in [3.8, 4) is 5.75 Å². The molecular formula is C14H17N3O4. The molecule has 0 spiro atoms. The second-order valence-corrected chi connectivity index (χ2v) is 4.40. The molecule has 1 heterocycles. The first-order chi connectivity index (χ1) is 10.2. The quantitative estimate of drug-likeness (QED) is 0.463. The number of ether oxygens (including phenoxy) is 1. The minimum atomic E-state index is -0.405. The third kappa shape index (κ3) is 3.57. The number of hydrogen-bond donors (Lipinski definition) is 1. The monoisotopic (exact) mass is 291 g/mol. The van der Waals surface area contributed by atoms with Gasteiger partial charge in [-0.25, -0.2) is 4.99 Å². The van der Waals surface area contributed by atoms with Crippen molar-refractivity contribution >= 4 is 11.8 Å². The maximum atomic E-state index is 11.0. The number of aliphatic hydroxyl groups is 1. The van der Waals surface area contributed by atoms with Crippen LogP contribution in [0.1, 0.15) is 18.2 Å². The van der Waals surface area contributed by atoms with E-state index < -0.39 is 5.90 Å². The van der Waals surface area contributed by atoms with E-state index in [0.29, 0.717) is 18.7 Å². The van der Waals surface area contributed by atoms with Crippen molar-refractivity contribution in [2.75, 3.05) is 7.11 Å². The van der Waals surface area contributed by atoms with E-state index in [-0.39, 0.29) is 12.5 Å². The van der Waals surface area contributed by atoms with Gasteiger partial charge in [0.25, 0.3) is 0 Å². The molecule has 0 aliphatic carbocycles. The molecular weight excluding hydrogens is 274 g/mol. The lowest BCUT2D eigenvalue weighted by atomic mass is 10.1. The fourth-order valence-corrected chi connectivity index (χ4v) is 1.99. The summed E-state index contributed by atoms with van der Waals surface area (Å²) in [6, 6.07) is 7.66. The maximum Gasteiger partial charge on any atom is 0.326 e. The summed E-state index contributed by atoms with van der Waals surface area (Å²) >= 11 is 0. The highest BCUT2D eigenvalue weighted by Crippen LogP contribution is 2.18. The van der Waals surface area contributed by atoms with Crippen LogP contribution in [0.4, 0.5) is 5.88 Å². The molecule has 1 N–H and O–H groups in total. The first kappa shape index (κ1) is 15.0. The predicted octanol–water partition coefficient (Wildman–Crippen LogP) is 0.116. The van der Waals surface area contributed by atoms with E-state index in [1.165, 1.54) is 11.6 Å². The van der Waals surface area contributed by atoms with Crippen molar-refractivity contribution in [2.45, 2.75) is 26.5 Å². The number of nitrogens with zero attached hydrogens (tertiary/aromatic N) is 3. The Hall–Kier alpha value is -2.41. The Labute approximate surface area is 122 Å². The summed E-state index contributed by atoms with van der Waals surface area (Å²) in [6.45, 7) is 1.48. The number of rotatable bonds is 6. The van der Waals surface area contributed by atoms with E-state index >= 15 is 0 Å². The van der Waals surface area contributed by atoms with Crippen molar-refractivity contribution < 1.29 is 24.2 Å². The number of hydrogen-bond acceptors (Lipinski definition) is 6. The van der Waals surface area contributed by atoms with Crippen LogP contribution in [0.25, 0.3) is 0 Å². The van der Waals surface area contributed by atoms with Gasteiger partial charge in [-0.15, -0.1) is 0 Å². The highest BCUT2D eigenvalue weighted by molar-refractivity contribution is 5.71. The first-order valence-corrected chi connectivity index (χ1v) is 6.49. The van der Waals surface area contributed by atoms with Gasteiger partial charge in [0.1, 0.15) is 12.4 Å². The van der Waals surface area contributed by atoms with Crippen LogP contribution < -0.4 is 14.5 Å². The molecule has 0 saturated heterocycles. The summed E-state index contributed by atoms with van der Waals surface area (Å²) in [5.74, 6) is 0.434. The Kier molecular flexibility index (Phi) is 4.89. The van der Waals surface area contributed by atoms with Crippen LogP contribution in [0.15, 0.2) is 33.8 Å². The average molecular weight is 291 g/mol. The highest BCUT2D eigenvalue weighted by atomic mass is 16.5. The van der Waals surface area contributed by atoms with E-state index in [1.807, 2.05) is 24.3 Å². The lowest BCUT2D eigenvalue weighted by molar-refractivity contribution is -0.769. The van der Waals surface area contributed by atoms with Gasteiger partial charge in [-0.1, -0.05) is 18.2 Å². The van der Waals surface area contributed by atoms with E-state index in [2.05, 4.69) is 10.3 Å². The van der Waals surface area contributed by atoms with E-state index in [1.54, 1.807) is 7.11 Å². The van der Waals surface area contributed by atoms with Gasteiger partial charge >= 0.3 is 11.6 Å². The zero-order chi connectivity index (χ0) is 15.2. The number of aliphatic imine (C=N–C) groups is 1. The molecule has 0 atom stereocenters. The van der Waals surface area contributed by atoms with E-state index in [9.17, 15) is 10.2 Å². The van der Waals surface area contributed by atoms with Crippen molar-refractivity contribution in [2.24, 2.45) is 4.99 Å².